The van der Waals surface area contributed by atoms with E-state index >= 15 is 0 Å². The summed E-state index contributed by atoms with van der Waals surface area (Å²) in [6, 6.07) is 2.95. The first kappa shape index (κ1) is 12.0. The zero-order valence-electron chi connectivity index (χ0n) is 8.91. The largest absolute Gasteiger partial charge is 0.508 e. The number of aliphatic hydroxyl groups excluding tert-OH is 1. The van der Waals surface area contributed by atoms with Gasteiger partial charge in [0.1, 0.15) is 5.75 Å². The van der Waals surface area contributed by atoms with Crippen LogP contribution in [0.25, 0.3) is 0 Å². The number of phenols is 1. The van der Waals surface area contributed by atoms with Crippen LogP contribution in [-0.4, -0.2) is 29.4 Å². The minimum atomic E-state index is -4.48. The number of halogens is 3. The lowest BCUT2D eigenvalue weighted by Gasteiger charge is -2.19. The molecule has 1 saturated heterocycles. The van der Waals surface area contributed by atoms with Crippen LogP contribution >= 0.6 is 0 Å². The Labute approximate surface area is 96.1 Å². The highest BCUT2D eigenvalue weighted by Gasteiger charge is 2.32. The SMILES string of the molecule is Oc1cc(N2CCC(O)C2)cc(C(F)(F)F)c1. The highest BCUT2D eigenvalue weighted by atomic mass is 19.4. The van der Waals surface area contributed by atoms with E-state index in [0.717, 1.165) is 6.07 Å². The molecule has 0 saturated carbocycles. The average molecular weight is 247 g/mol. The summed E-state index contributed by atoms with van der Waals surface area (Å²) in [5.41, 5.74) is -0.595. The Kier molecular flexibility index (Phi) is 2.91. The van der Waals surface area contributed by atoms with Gasteiger partial charge in [-0.05, 0) is 18.6 Å². The number of alkyl halides is 3. The Morgan fingerprint density at radius 2 is 1.94 bits per heavy atom. The van der Waals surface area contributed by atoms with E-state index in [9.17, 15) is 23.4 Å². The topological polar surface area (TPSA) is 43.7 Å². The number of hydrogen-bond donors (Lipinski definition) is 2. The zero-order valence-corrected chi connectivity index (χ0v) is 8.91. The Morgan fingerprint density at radius 1 is 1.24 bits per heavy atom. The summed E-state index contributed by atoms with van der Waals surface area (Å²) in [6.07, 6.45) is -4.48. The van der Waals surface area contributed by atoms with Crippen LogP contribution in [0.2, 0.25) is 0 Å². The van der Waals surface area contributed by atoms with Crippen molar-refractivity contribution in [3.63, 3.8) is 0 Å². The first-order valence-corrected chi connectivity index (χ1v) is 5.20. The smallest absolute Gasteiger partial charge is 0.416 e. The van der Waals surface area contributed by atoms with E-state index < -0.39 is 23.6 Å². The Morgan fingerprint density at radius 3 is 2.47 bits per heavy atom. The molecule has 94 valence electrons. The van der Waals surface area contributed by atoms with Gasteiger partial charge in [0, 0.05) is 24.8 Å². The van der Waals surface area contributed by atoms with E-state index in [1.165, 1.54) is 6.07 Å². The molecule has 1 unspecified atom stereocenters. The van der Waals surface area contributed by atoms with Crippen LogP contribution in [0.4, 0.5) is 18.9 Å². The molecule has 0 radical (unpaired) electrons. The summed E-state index contributed by atoms with van der Waals surface area (Å²) in [5, 5.41) is 18.6. The van der Waals surface area contributed by atoms with Crippen LogP contribution < -0.4 is 4.90 Å². The number of hydrogen-bond acceptors (Lipinski definition) is 3. The van der Waals surface area contributed by atoms with Gasteiger partial charge in [0.2, 0.25) is 0 Å². The van der Waals surface area contributed by atoms with Crippen LogP contribution in [0.1, 0.15) is 12.0 Å². The molecule has 1 aliphatic rings. The van der Waals surface area contributed by atoms with Gasteiger partial charge in [-0.15, -0.1) is 0 Å². The van der Waals surface area contributed by atoms with Gasteiger partial charge in [0.15, 0.2) is 0 Å². The van der Waals surface area contributed by atoms with E-state index in [1.54, 1.807) is 4.90 Å². The number of phenolic OH excluding ortho intramolecular Hbond substituents is 1. The average Bonchev–Trinajstić information content (AvgIpc) is 2.62. The normalized spacial score (nSPS) is 20.9. The summed E-state index contributed by atoms with van der Waals surface area (Å²) in [5.74, 6) is -0.420. The number of aliphatic hydroxyl groups is 1. The van der Waals surface area contributed by atoms with Gasteiger partial charge >= 0.3 is 6.18 Å². The van der Waals surface area contributed by atoms with Crippen LogP contribution in [0.15, 0.2) is 18.2 Å². The summed E-state index contributed by atoms with van der Waals surface area (Å²) < 4.78 is 37.6. The fourth-order valence-electron chi connectivity index (χ4n) is 1.92. The summed E-state index contributed by atoms with van der Waals surface area (Å²) >= 11 is 0. The molecular weight excluding hydrogens is 235 g/mol. The van der Waals surface area contributed by atoms with Gasteiger partial charge in [-0.1, -0.05) is 0 Å². The third kappa shape index (κ3) is 2.63. The van der Waals surface area contributed by atoms with Gasteiger partial charge in [-0.2, -0.15) is 13.2 Å². The quantitative estimate of drug-likeness (QED) is 0.797. The molecule has 0 spiro atoms. The molecule has 17 heavy (non-hydrogen) atoms. The molecule has 0 amide bonds. The minimum absolute atomic E-state index is 0.286. The van der Waals surface area contributed by atoms with Crippen LogP contribution in [0, 0.1) is 0 Å². The van der Waals surface area contributed by atoms with Crippen molar-refractivity contribution in [1.29, 1.82) is 0 Å². The number of anilines is 1. The van der Waals surface area contributed by atoms with E-state index in [2.05, 4.69) is 0 Å². The number of nitrogens with zero attached hydrogens (tertiary/aromatic N) is 1. The maximum absolute atomic E-state index is 12.5. The molecule has 0 aliphatic carbocycles. The lowest BCUT2D eigenvalue weighted by atomic mass is 10.1. The molecule has 1 fully saturated rings. The monoisotopic (exact) mass is 247 g/mol. The van der Waals surface area contributed by atoms with Gasteiger partial charge in [0.05, 0.1) is 11.7 Å². The van der Waals surface area contributed by atoms with Gasteiger partial charge in [0.25, 0.3) is 0 Å². The highest BCUT2D eigenvalue weighted by molar-refractivity contribution is 5.54. The van der Waals surface area contributed by atoms with Crippen molar-refractivity contribution in [2.24, 2.45) is 0 Å². The predicted molar refractivity (Wildman–Crippen MR) is 55.9 cm³/mol. The van der Waals surface area contributed by atoms with Crippen molar-refractivity contribution in [3.05, 3.63) is 23.8 Å². The fraction of sp³-hybridized carbons (Fsp3) is 0.455. The Hall–Kier alpha value is -1.43. The number of rotatable bonds is 1. The molecule has 0 bridgehead atoms. The second kappa shape index (κ2) is 4.10. The maximum Gasteiger partial charge on any atom is 0.416 e. The lowest BCUT2D eigenvalue weighted by molar-refractivity contribution is -0.137. The van der Waals surface area contributed by atoms with Crippen LogP contribution in [0.3, 0.4) is 0 Å². The van der Waals surface area contributed by atoms with Gasteiger partial charge < -0.3 is 15.1 Å². The number of benzene rings is 1. The van der Waals surface area contributed by atoms with Crippen LogP contribution in [0.5, 0.6) is 5.75 Å². The molecule has 2 N–H and O–H groups in total. The third-order valence-electron chi connectivity index (χ3n) is 2.76. The molecule has 1 aliphatic heterocycles. The van der Waals surface area contributed by atoms with Crippen molar-refractivity contribution in [2.75, 3.05) is 18.0 Å². The summed E-state index contributed by atoms with van der Waals surface area (Å²) in [4.78, 5) is 1.62. The molecular formula is C11H12F3NO2. The van der Waals surface area contributed by atoms with E-state index in [4.69, 9.17) is 0 Å². The molecule has 1 atom stereocenters. The summed E-state index contributed by atoms with van der Waals surface area (Å²) in [7, 11) is 0. The number of aromatic hydroxyl groups is 1. The molecule has 3 nitrogen and oxygen atoms in total. The zero-order chi connectivity index (χ0) is 12.6. The summed E-state index contributed by atoms with van der Waals surface area (Å²) in [6.45, 7) is 0.780. The molecule has 6 heteroatoms. The lowest BCUT2D eigenvalue weighted by Crippen LogP contribution is -2.21. The molecule has 1 aromatic rings. The second-order valence-corrected chi connectivity index (χ2v) is 4.12. The van der Waals surface area contributed by atoms with Crippen molar-refractivity contribution < 1.29 is 23.4 Å². The van der Waals surface area contributed by atoms with Crippen molar-refractivity contribution in [3.8, 4) is 5.75 Å². The van der Waals surface area contributed by atoms with Gasteiger partial charge in [-0.25, -0.2) is 0 Å². The third-order valence-corrected chi connectivity index (χ3v) is 2.76. The first-order valence-electron chi connectivity index (χ1n) is 5.20. The van der Waals surface area contributed by atoms with Crippen LogP contribution in [-0.2, 0) is 6.18 Å². The highest BCUT2D eigenvalue weighted by Crippen LogP contribution is 2.35. The van der Waals surface area contributed by atoms with Crippen molar-refractivity contribution in [2.45, 2.75) is 18.7 Å². The van der Waals surface area contributed by atoms with E-state index in [-0.39, 0.29) is 5.69 Å². The van der Waals surface area contributed by atoms with E-state index in [0.29, 0.717) is 25.6 Å². The predicted octanol–water partition coefficient (Wildman–Crippen LogP) is 1.98. The molecule has 0 aromatic heterocycles. The Bertz CT molecular complexity index is 420. The number of β-amino-alcohol motifs (C(OH)–C–C–N with tert-alkyl or cyclic N) is 1. The molecule has 1 heterocycles. The van der Waals surface area contributed by atoms with E-state index in [1.807, 2.05) is 0 Å². The van der Waals surface area contributed by atoms with Crippen molar-refractivity contribution in [1.82, 2.24) is 0 Å². The van der Waals surface area contributed by atoms with Gasteiger partial charge in [-0.3, -0.25) is 0 Å². The van der Waals surface area contributed by atoms with Crippen molar-refractivity contribution >= 4 is 5.69 Å². The Balaban J connectivity index is 2.32. The first-order chi connectivity index (χ1) is 7.86. The molecule has 2 rings (SSSR count). The second-order valence-electron chi connectivity index (χ2n) is 4.12. The standard InChI is InChI=1S/C11H12F3NO2/c12-11(13,14)7-3-8(5-10(17)4-7)15-2-1-9(16)6-15/h3-5,9,16-17H,1-2,6H2. The maximum atomic E-state index is 12.5. The minimum Gasteiger partial charge on any atom is -0.508 e. The molecule has 1 aromatic carbocycles. The fourth-order valence-corrected chi connectivity index (χ4v) is 1.92.